The van der Waals surface area contributed by atoms with Crippen molar-refractivity contribution in [3.8, 4) is 5.75 Å². The van der Waals surface area contributed by atoms with Gasteiger partial charge >= 0.3 is 0 Å². The van der Waals surface area contributed by atoms with Crippen molar-refractivity contribution in [2.45, 2.75) is 38.3 Å². The second kappa shape index (κ2) is 6.87. The molecule has 1 fully saturated rings. The Labute approximate surface area is 114 Å². The lowest BCUT2D eigenvalue weighted by Gasteiger charge is -2.34. The predicted molar refractivity (Wildman–Crippen MR) is 72.8 cm³/mol. The maximum absolute atomic E-state index is 12.7. The number of ether oxygens (including phenoxy) is 1. The summed E-state index contributed by atoms with van der Waals surface area (Å²) in [7, 11) is 0. The Morgan fingerprint density at radius 2 is 2.11 bits per heavy atom. The number of nitrogens with zero attached hydrogens (tertiary/aromatic N) is 1. The fourth-order valence-corrected chi connectivity index (χ4v) is 2.48. The molecule has 1 saturated heterocycles. The van der Waals surface area contributed by atoms with E-state index in [1.165, 1.54) is 31.4 Å². The van der Waals surface area contributed by atoms with Gasteiger partial charge in [0.15, 0.2) is 0 Å². The highest BCUT2D eigenvalue weighted by Crippen LogP contribution is 2.17. The number of piperidine rings is 1. The molecule has 2 atom stereocenters. The number of hydrogen-bond acceptors (Lipinski definition) is 3. The van der Waals surface area contributed by atoms with E-state index in [0.29, 0.717) is 18.3 Å². The first-order chi connectivity index (χ1) is 9.15. The van der Waals surface area contributed by atoms with E-state index in [-0.39, 0.29) is 12.4 Å². The summed E-state index contributed by atoms with van der Waals surface area (Å²) in [6.07, 6.45) is 3.17. The van der Waals surface area contributed by atoms with Crippen molar-refractivity contribution >= 4 is 0 Å². The standard InChI is InChI=1S/C15H22FNO2/c1-12-4-2-3-9-17(12)10-14(18)11-19-15-7-5-13(16)6-8-15/h5-8,12,14,18H,2-4,9-11H2,1H3/t12-,14-/m0/s1. The van der Waals surface area contributed by atoms with E-state index in [0.717, 1.165) is 6.54 Å². The highest BCUT2D eigenvalue weighted by Gasteiger charge is 2.20. The van der Waals surface area contributed by atoms with Crippen molar-refractivity contribution in [3.05, 3.63) is 30.1 Å². The summed E-state index contributed by atoms with van der Waals surface area (Å²) in [5, 5.41) is 9.99. The Hall–Kier alpha value is -1.13. The van der Waals surface area contributed by atoms with Gasteiger partial charge in [-0.2, -0.15) is 0 Å². The number of hydrogen-bond donors (Lipinski definition) is 1. The zero-order valence-electron chi connectivity index (χ0n) is 11.4. The smallest absolute Gasteiger partial charge is 0.123 e. The first-order valence-electron chi connectivity index (χ1n) is 6.95. The third kappa shape index (κ3) is 4.48. The fraction of sp³-hybridized carbons (Fsp3) is 0.600. The van der Waals surface area contributed by atoms with Crippen molar-refractivity contribution in [3.63, 3.8) is 0 Å². The molecule has 0 bridgehead atoms. The molecular weight excluding hydrogens is 245 g/mol. The average Bonchev–Trinajstić information content (AvgIpc) is 2.41. The number of benzene rings is 1. The number of likely N-dealkylation sites (tertiary alicyclic amines) is 1. The molecule has 3 nitrogen and oxygen atoms in total. The summed E-state index contributed by atoms with van der Waals surface area (Å²) < 4.78 is 18.2. The molecule has 1 aromatic carbocycles. The Morgan fingerprint density at radius 3 is 2.79 bits per heavy atom. The van der Waals surface area contributed by atoms with Gasteiger partial charge in [-0.3, -0.25) is 4.90 Å². The van der Waals surface area contributed by atoms with E-state index in [4.69, 9.17) is 4.74 Å². The van der Waals surface area contributed by atoms with E-state index < -0.39 is 6.10 Å². The molecule has 106 valence electrons. The highest BCUT2D eigenvalue weighted by atomic mass is 19.1. The molecule has 0 spiro atoms. The van der Waals surface area contributed by atoms with Gasteiger partial charge in [0.25, 0.3) is 0 Å². The van der Waals surface area contributed by atoms with E-state index >= 15 is 0 Å². The largest absolute Gasteiger partial charge is 0.491 e. The van der Waals surface area contributed by atoms with Gasteiger partial charge in [0.1, 0.15) is 24.3 Å². The van der Waals surface area contributed by atoms with Crippen LogP contribution in [0.3, 0.4) is 0 Å². The van der Waals surface area contributed by atoms with Crippen LogP contribution in [0.25, 0.3) is 0 Å². The van der Waals surface area contributed by atoms with Gasteiger partial charge in [-0.25, -0.2) is 4.39 Å². The zero-order chi connectivity index (χ0) is 13.7. The predicted octanol–water partition coefficient (Wildman–Crippen LogP) is 2.44. The summed E-state index contributed by atoms with van der Waals surface area (Å²) in [5.41, 5.74) is 0. The maximum atomic E-state index is 12.7. The van der Waals surface area contributed by atoms with Gasteiger partial charge in [0, 0.05) is 12.6 Å². The van der Waals surface area contributed by atoms with Crippen LogP contribution < -0.4 is 4.74 Å². The van der Waals surface area contributed by atoms with Gasteiger partial charge in [-0.15, -0.1) is 0 Å². The van der Waals surface area contributed by atoms with Crippen LogP contribution in [0.4, 0.5) is 4.39 Å². The quantitative estimate of drug-likeness (QED) is 0.889. The molecule has 1 heterocycles. The van der Waals surface area contributed by atoms with Gasteiger partial charge in [0.05, 0.1) is 0 Å². The third-order valence-electron chi connectivity index (χ3n) is 3.64. The first kappa shape index (κ1) is 14.3. The van der Waals surface area contributed by atoms with E-state index in [9.17, 15) is 9.50 Å². The Balaban J connectivity index is 1.74. The lowest BCUT2D eigenvalue weighted by Crippen LogP contribution is -2.43. The molecular formula is C15H22FNO2. The van der Waals surface area contributed by atoms with E-state index in [2.05, 4.69) is 11.8 Å². The fourth-order valence-electron chi connectivity index (χ4n) is 2.48. The minimum Gasteiger partial charge on any atom is -0.491 e. The van der Waals surface area contributed by atoms with Crippen LogP contribution in [-0.2, 0) is 0 Å². The summed E-state index contributed by atoms with van der Waals surface area (Å²) in [5.74, 6) is 0.308. The Bertz CT molecular complexity index is 382. The van der Waals surface area contributed by atoms with Crippen LogP contribution in [0.5, 0.6) is 5.75 Å². The molecule has 0 aliphatic carbocycles. The first-order valence-corrected chi connectivity index (χ1v) is 6.95. The van der Waals surface area contributed by atoms with Crippen molar-refractivity contribution in [1.29, 1.82) is 0 Å². The summed E-state index contributed by atoms with van der Waals surface area (Å²) in [6, 6.07) is 6.40. The van der Waals surface area contributed by atoms with Gasteiger partial charge in [-0.05, 0) is 50.6 Å². The van der Waals surface area contributed by atoms with Gasteiger partial charge in [0.2, 0.25) is 0 Å². The summed E-state index contributed by atoms with van der Waals surface area (Å²) in [6.45, 7) is 4.14. The second-order valence-corrected chi connectivity index (χ2v) is 5.26. The minimum absolute atomic E-state index is 0.245. The zero-order valence-corrected chi connectivity index (χ0v) is 11.4. The molecule has 0 unspecified atom stereocenters. The van der Waals surface area contributed by atoms with Crippen LogP contribution in [0, 0.1) is 5.82 Å². The van der Waals surface area contributed by atoms with Crippen molar-refractivity contribution in [1.82, 2.24) is 4.90 Å². The topological polar surface area (TPSA) is 32.7 Å². The number of halogens is 1. The highest BCUT2D eigenvalue weighted by molar-refractivity contribution is 5.22. The van der Waals surface area contributed by atoms with Crippen LogP contribution in [0.15, 0.2) is 24.3 Å². The number of aliphatic hydroxyl groups is 1. The van der Waals surface area contributed by atoms with Crippen molar-refractivity contribution in [2.75, 3.05) is 19.7 Å². The minimum atomic E-state index is -0.509. The lowest BCUT2D eigenvalue weighted by molar-refractivity contribution is 0.0437. The maximum Gasteiger partial charge on any atom is 0.123 e. The molecule has 1 N–H and O–H groups in total. The second-order valence-electron chi connectivity index (χ2n) is 5.26. The molecule has 2 rings (SSSR count). The molecule has 0 saturated carbocycles. The monoisotopic (exact) mass is 267 g/mol. The van der Waals surface area contributed by atoms with Gasteiger partial charge in [-0.1, -0.05) is 6.42 Å². The Morgan fingerprint density at radius 1 is 1.37 bits per heavy atom. The van der Waals surface area contributed by atoms with Crippen molar-refractivity contribution < 1.29 is 14.2 Å². The van der Waals surface area contributed by atoms with Crippen LogP contribution in [0.2, 0.25) is 0 Å². The summed E-state index contributed by atoms with van der Waals surface area (Å²) >= 11 is 0. The average molecular weight is 267 g/mol. The molecule has 1 aliphatic heterocycles. The lowest BCUT2D eigenvalue weighted by atomic mass is 10.0. The van der Waals surface area contributed by atoms with E-state index in [1.807, 2.05) is 0 Å². The molecule has 19 heavy (non-hydrogen) atoms. The molecule has 1 aliphatic rings. The third-order valence-corrected chi connectivity index (χ3v) is 3.64. The molecule has 0 radical (unpaired) electrons. The molecule has 1 aromatic rings. The number of aliphatic hydroxyl groups excluding tert-OH is 1. The number of rotatable bonds is 5. The number of β-amino-alcohol motifs (C(OH)–C–C–N with tert-alkyl or cyclic N) is 1. The molecule has 0 amide bonds. The SMILES string of the molecule is C[C@H]1CCCCN1C[C@H](O)COc1ccc(F)cc1. The summed E-state index contributed by atoms with van der Waals surface area (Å²) in [4.78, 5) is 2.31. The van der Waals surface area contributed by atoms with Crippen LogP contribution in [-0.4, -0.2) is 41.8 Å². The molecule has 0 aromatic heterocycles. The van der Waals surface area contributed by atoms with Crippen LogP contribution in [0.1, 0.15) is 26.2 Å². The Kier molecular flexibility index (Phi) is 5.16. The van der Waals surface area contributed by atoms with E-state index in [1.54, 1.807) is 12.1 Å². The van der Waals surface area contributed by atoms with Crippen LogP contribution >= 0.6 is 0 Å². The normalized spacial score (nSPS) is 22.2. The van der Waals surface area contributed by atoms with Gasteiger partial charge < -0.3 is 9.84 Å². The van der Waals surface area contributed by atoms with Crippen molar-refractivity contribution in [2.24, 2.45) is 0 Å². The molecule has 4 heteroatoms.